The van der Waals surface area contributed by atoms with Crippen LogP contribution >= 0.6 is 0 Å². The van der Waals surface area contributed by atoms with Crippen LogP contribution in [0.5, 0.6) is 0 Å². The molecule has 0 radical (unpaired) electrons. The van der Waals surface area contributed by atoms with Gasteiger partial charge in [0.2, 0.25) is 5.89 Å². The Balaban J connectivity index is 1.39. The van der Waals surface area contributed by atoms with Gasteiger partial charge >= 0.3 is 6.18 Å². The Labute approximate surface area is 212 Å². The number of oxazole rings is 1. The molecule has 1 aliphatic rings. The first-order valence-corrected chi connectivity index (χ1v) is 11.9. The van der Waals surface area contributed by atoms with Crippen molar-refractivity contribution in [2.75, 3.05) is 39.4 Å². The number of hydrogen-bond acceptors (Lipinski definition) is 6. The first-order chi connectivity index (χ1) is 17.8. The van der Waals surface area contributed by atoms with E-state index >= 15 is 0 Å². The van der Waals surface area contributed by atoms with Gasteiger partial charge in [0, 0.05) is 39.3 Å². The van der Waals surface area contributed by atoms with E-state index in [9.17, 15) is 22.4 Å². The van der Waals surface area contributed by atoms with E-state index in [4.69, 9.17) is 9.15 Å². The first-order valence-electron chi connectivity index (χ1n) is 11.9. The van der Waals surface area contributed by atoms with Gasteiger partial charge in [-0.25, -0.2) is 9.37 Å². The van der Waals surface area contributed by atoms with Crippen LogP contribution in [0.3, 0.4) is 0 Å². The molecule has 2 aromatic carbocycles. The molecule has 1 amide bonds. The summed E-state index contributed by atoms with van der Waals surface area (Å²) in [6.45, 7) is 5.04. The highest BCUT2D eigenvalue weighted by Crippen LogP contribution is 2.29. The van der Waals surface area contributed by atoms with Crippen LogP contribution in [-0.2, 0) is 30.5 Å². The van der Waals surface area contributed by atoms with Gasteiger partial charge in [-0.05, 0) is 35.4 Å². The zero-order chi connectivity index (χ0) is 26.3. The summed E-state index contributed by atoms with van der Waals surface area (Å²) in [5.74, 6) is -0.432. The number of hydrogen-bond donors (Lipinski definition) is 1. The molecule has 7 nitrogen and oxygen atoms in total. The van der Waals surface area contributed by atoms with Crippen LogP contribution in [0, 0.1) is 5.82 Å². The molecule has 4 rings (SSSR count). The monoisotopic (exact) mass is 520 g/mol. The number of aromatic nitrogens is 1. The van der Waals surface area contributed by atoms with Crippen molar-refractivity contribution in [2.24, 2.45) is 0 Å². The maximum Gasteiger partial charge on any atom is 0.416 e. The fourth-order valence-corrected chi connectivity index (χ4v) is 4.00. The van der Waals surface area contributed by atoms with Crippen LogP contribution in [0.2, 0.25) is 0 Å². The molecule has 0 spiro atoms. The number of carbonyl (C=O) groups excluding carboxylic acids is 1. The van der Waals surface area contributed by atoms with Gasteiger partial charge in [0.05, 0.1) is 25.3 Å². The molecule has 0 bridgehead atoms. The van der Waals surface area contributed by atoms with Gasteiger partial charge in [0.25, 0.3) is 5.91 Å². The molecule has 1 aliphatic heterocycles. The van der Waals surface area contributed by atoms with E-state index in [1.165, 1.54) is 30.5 Å². The van der Waals surface area contributed by atoms with Gasteiger partial charge in [-0.15, -0.1) is 0 Å². The summed E-state index contributed by atoms with van der Waals surface area (Å²) >= 11 is 0. The number of nitrogens with one attached hydrogen (secondary N) is 1. The van der Waals surface area contributed by atoms with Crippen molar-refractivity contribution in [3.63, 3.8) is 0 Å². The van der Waals surface area contributed by atoms with Crippen LogP contribution in [0.4, 0.5) is 17.6 Å². The second-order valence-electron chi connectivity index (χ2n) is 8.80. The molecule has 1 fully saturated rings. The summed E-state index contributed by atoms with van der Waals surface area (Å²) in [5, 5.41) is 2.83. The summed E-state index contributed by atoms with van der Waals surface area (Å²) in [6, 6.07) is 10.9. The molecule has 11 heteroatoms. The number of nitrogens with zero attached hydrogens (tertiary/aromatic N) is 3. The number of morpholine rings is 1. The zero-order valence-electron chi connectivity index (χ0n) is 20.1. The number of amides is 1. The molecule has 0 saturated carbocycles. The fraction of sp³-hybridized carbons (Fsp3) is 0.385. The summed E-state index contributed by atoms with van der Waals surface area (Å²) in [5.41, 5.74) is 0.884. The molecule has 0 aliphatic carbocycles. The van der Waals surface area contributed by atoms with Gasteiger partial charge in [-0.2, -0.15) is 13.2 Å². The highest BCUT2D eigenvalue weighted by molar-refractivity contribution is 5.91. The van der Waals surface area contributed by atoms with Crippen molar-refractivity contribution in [1.29, 1.82) is 0 Å². The zero-order valence-corrected chi connectivity index (χ0v) is 20.1. The lowest BCUT2D eigenvalue weighted by Gasteiger charge is -2.26. The number of halogens is 4. The van der Waals surface area contributed by atoms with Crippen molar-refractivity contribution >= 4 is 5.91 Å². The van der Waals surface area contributed by atoms with E-state index in [1.807, 2.05) is 4.90 Å². The molecule has 1 aromatic heterocycles. The van der Waals surface area contributed by atoms with Crippen molar-refractivity contribution in [3.8, 4) is 0 Å². The summed E-state index contributed by atoms with van der Waals surface area (Å²) in [4.78, 5) is 20.9. The Hall–Kier alpha value is -3.28. The highest BCUT2D eigenvalue weighted by Gasteiger charge is 2.30. The molecular formula is C26H28F4N4O3. The summed E-state index contributed by atoms with van der Waals surface area (Å²) in [6.07, 6.45) is -3.13. The Morgan fingerprint density at radius 1 is 0.973 bits per heavy atom. The predicted molar refractivity (Wildman–Crippen MR) is 127 cm³/mol. The van der Waals surface area contributed by atoms with Crippen LogP contribution < -0.4 is 5.32 Å². The molecule has 0 unspecified atom stereocenters. The standard InChI is InChI=1S/C26H28F4N4O3/c27-22-7-3-20(4-8-22)16-34(15-19-1-5-21(6-2-19)26(28,29)30)17-24-32-23(18-37-24)25(35)31-9-10-33-11-13-36-14-12-33/h1-8,18H,9-17H2,(H,31,35). The first kappa shape index (κ1) is 26.8. The van der Waals surface area contributed by atoms with E-state index in [-0.39, 0.29) is 29.9 Å². The van der Waals surface area contributed by atoms with E-state index in [0.717, 1.165) is 30.8 Å². The number of benzene rings is 2. The normalized spacial score (nSPS) is 14.7. The largest absolute Gasteiger partial charge is 0.447 e. The van der Waals surface area contributed by atoms with Crippen molar-refractivity contribution in [1.82, 2.24) is 20.1 Å². The molecular weight excluding hydrogens is 492 g/mol. The molecule has 1 saturated heterocycles. The number of carbonyl (C=O) groups is 1. The van der Waals surface area contributed by atoms with Crippen LogP contribution in [-0.4, -0.2) is 60.1 Å². The minimum absolute atomic E-state index is 0.147. The van der Waals surface area contributed by atoms with Crippen LogP contribution in [0.1, 0.15) is 33.1 Å². The number of ether oxygens (including phenoxy) is 1. The van der Waals surface area contributed by atoms with Gasteiger partial charge in [-0.3, -0.25) is 14.6 Å². The number of alkyl halides is 3. The molecule has 37 heavy (non-hydrogen) atoms. The Morgan fingerprint density at radius 3 is 2.22 bits per heavy atom. The van der Waals surface area contributed by atoms with Gasteiger partial charge in [0.1, 0.15) is 12.1 Å². The third-order valence-corrected chi connectivity index (χ3v) is 5.97. The van der Waals surface area contributed by atoms with E-state index in [1.54, 1.807) is 12.1 Å². The fourth-order valence-electron chi connectivity index (χ4n) is 4.00. The predicted octanol–water partition coefficient (Wildman–Crippen LogP) is 4.10. The Bertz CT molecular complexity index is 1140. The lowest BCUT2D eigenvalue weighted by Crippen LogP contribution is -2.41. The van der Waals surface area contributed by atoms with Gasteiger partial charge in [0.15, 0.2) is 5.69 Å². The molecule has 3 aromatic rings. The maximum absolute atomic E-state index is 13.3. The Kier molecular flexibility index (Phi) is 8.91. The van der Waals surface area contributed by atoms with Crippen molar-refractivity contribution in [3.05, 3.63) is 88.9 Å². The number of rotatable bonds is 10. The third-order valence-electron chi connectivity index (χ3n) is 5.97. The third kappa shape index (κ3) is 8.11. The van der Waals surface area contributed by atoms with E-state index in [2.05, 4.69) is 15.2 Å². The SMILES string of the molecule is O=C(NCCN1CCOCC1)c1coc(CN(Cc2ccc(F)cc2)Cc2ccc(C(F)(F)F)cc2)n1. The summed E-state index contributed by atoms with van der Waals surface area (Å²) in [7, 11) is 0. The molecule has 2 heterocycles. The highest BCUT2D eigenvalue weighted by atomic mass is 19.4. The molecule has 0 atom stereocenters. The minimum atomic E-state index is -4.41. The van der Waals surface area contributed by atoms with E-state index in [0.29, 0.717) is 45.0 Å². The van der Waals surface area contributed by atoms with Gasteiger partial charge < -0.3 is 14.5 Å². The van der Waals surface area contributed by atoms with E-state index < -0.39 is 11.7 Å². The Morgan fingerprint density at radius 2 is 1.59 bits per heavy atom. The minimum Gasteiger partial charge on any atom is -0.447 e. The van der Waals surface area contributed by atoms with Crippen molar-refractivity contribution < 1.29 is 31.5 Å². The quantitative estimate of drug-likeness (QED) is 0.406. The van der Waals surface area contributed by atoms with Crippen molar-refractivity contribution in [2.45, 2.75) is 25.8 Å². The second kappa shape index (κ2) is 12.3. The average molecular weight is 521 g/mol. The average Bonchev–Trinajstić information content (AvgIpc) is 3.34. The summed E-state index contributed by atoms with van der Waals surface area (Å²) < 4.78 is 63.0. The molecule has 1 N–H and O–H groups in total. The van der Waals surface area contributed by atoms with Crippen LogP contribution in [0.15, 0.2) is 59.2 Å². The van der Waals surface area contributed by atoms with Gasteiger partial charge in [-0.1, -0.05) is 24.3 Å². The topological polar surface area (TPSA) is 70.8 Å². The molecule has 198 valence electrons. The van der Waals surface area contributed by atoms with Crippen LogP contribution in [0.25, 0.3) is 0 Å². The lowest BCUT2D eigenvalue weighted by molar-refractivity contribution is -0.137. The second-order valence-corrected chi connectivity index (χ2v) is 8.80. The maximum atomic E-state index is 13.3. The smallest absolute Gasteiger partial charge is 0.416 e. The lowest BCUT2D eigenvalue weighted by atomic mass is 10.1.